The molecule has 1 heterocycles. The number of nitrogens with two attached hydrogens (primary N) is 1. The Balaban J connectivity index is 0.00000320. The van der Waals surface area contributed by atoms with Crippen LogP contribution in [0.2, 0.25) is 0 Å². The number of benzene rings is 2. The van der Waals surface area contributed by atoms with Crippen LogP contribution >= 0.6 is 12.4 Å². The molecular weight excluding hydrogens is 398 g/mol. The lowest BCUT2D eigenvalue weighted by Crippen LogP contribution is -2.42. The highest BCUT2D eigenvalue weighted by atomic mass is 35.5. The van der Waals surface area contributed by atoms with Crippen molar-refractivity contribution in [3.63, 3.8) is 0 Å². The first-order chi connectivity index (χ1) is 14.1. The molecule has 1 fully saturated rings. The minimum atomic E-state index is -0.324. The Labute approximate surface area is 185 Å². The van der Waals surface area contributed by atoms with Crippen LogP contribution in [-0.2, 0) is 16.0 Å². The van der Waals surface area contributed by atoms with Gasteiger partial charge in [0, 0.05) is 38.6 Å². The van der Waals surface area contributed by atoms with Gasteiger partial charge in [0.1, 0.15) is 0 Å². The maximum Gasteiger partial charge on any atom is 0.227 e. The van der Waals surface area contributed by atoms with Gasteiger partial charge in [-0.3, -0.25) is 9.59 Å². The second-order valence-electron chi connectivity index (χ2n) is 7.77. The monoisotopic (exact) mass is 429 g/mol. The molecule has 0 bridgehead atoms. The van der Waals surface area contributed by atoms with Gasteiger partial charge in [-0.1, -0.05) is 67.6 Å². The van der Waals surface area contributed by atoms with Crippen LogP contribution in [0.4, 0.5) is 0 Å². The Kier molecular flexibility index (Phi) is 9.34. The van der Waals surface area contributed by atoms with Crippen molar-refractivity contribution >= 4 is 24.2 Å². The van der Waals surface area contributed by atoms with E-state index < -0.39 is 0 Å². The van der Waals surface area contributed by atoms with E-state index in [4.69, 9.17) is 5.73 Å². The molecule has 1 aliphatic rings. The molecule has 2 amide bonds. The van der Waals surface area contributed by atoms with Gasteiger partial charge in [0.05, 0.1) is 5.92 Å². The fourth-order valence-electron chi connectivity index (χ4n) is 3.85. The molecule has 2 aromatic rings. The number of halogens is 1. The van der Waals surface area contributed by atoms with Crippen LogP contribution in [0.5, 0.6) is 0 Å². The minimum absolute atomic E-state index is 0. The van der Waals surface area contributed by atoms with Gasteiger partial charge in [0.15, 0.2) is 0 Å². The first-order valence-corrected chi connectivity index (χ1v) is 10.5. The molecule has 0 saturated carbocycles. The average Bonchev–Trinajstić information content (AvgIpc) is 3.03. The third kappa shape index (κ3) is 6.31. The van der Waals surface area contributed by atoms with Crippen molar-refractivity contribution in [3.8, 4) is 0 Å². The number of nitrogens with zero attached hydrogens (tertiary/aromatic N) is 2. The Morgan fingerprint density at radius 2 is 1.47 bits per heavy atom. The number of carbonyl (C=O) groups is 2. The maximum atomic E-state index is 13.0. The minimum Gasteiger partial charge on any atom is -0.341 e. The highest BCUT2D eigenvalue weighted by Gasteiger charge is 2.28. The molecule has 0 aliphatic carbocycles. The van der Waals surface area contributed by atoms with Crippen molar-refractivity contribution in [2.45, 2.75) is 32.2 Å². The lowest BCUT2D eigenvalue weighted by Gasteiger charge is -2.27. The average molecular weight is 430 g/mol. The Morgan fingerprint density at radius 3 is 2.13 bits per heavy atom. The van der Waals surface area contributed by atoms with Crippen LogP contribution in [0.15, 0.2) is 60.7 Å². The second kappa shape index (κ2) is 11.7. The number of aryl methyl sites for hydroxylation is 1. The van der Waals surface area contributed by atoms with Crippen LogP contribution in [0.25, 0.3) is 0 Å². The van der Waals surface area contributed by atoms with Gasteiger partial charge in [-0.2, -0.15) is 0 Å². The van der Waals surface area contributed by atoms with Crippen molar-refractivity contribution in [3.05, 3.63) is 71.8 Å². The van der Waals surface area contributed by atoms with Gasteiger partial charge in [-0.25, -0.2) is 0 Å². The summed E-state index contributed by atoms with van der Waals surface area (Å²) < 4.78 is 0. The molecule has 2 unspecified atom stereocenters. The molecule has 2 aromatic carbocycles. The lowest BCUT2D eigenvalue weighted by atomic mass is 9.94. The lowest BCUT2D eigenvalue weighted by molar-refractivity contribution is -0.136. The summed E-state index contributed by atoms with van der Waals surface area (Å²) in [5.74, 6) is -0.0603. The van der Waals surface area contributed by atoms with E-state index in [-0.39, 0.29) is 36.2 Å². The molecule has 1 aliphatic heterocycles. The standard InChI is InChI=1S/C24H31N3O2.ClH/c1-19(23(25)21-11-6-3-7-12-21)24(29)27-16-8-15-26(17-18-27)22(28)14-13-20-9-4-2-5-10-20;/h2-7,9-12,19,23H,8,13-18,25H2,1H3;1H. The van der Waals surface area contributed by atoms with E-state index in [0.717, 1.165) is 18.4 Å². The Morgan fingerprint density at radius 1 is 0.900 bits per heavy atom. The topological polar surface area (TPSA) is 66.6 Å². The molecule has 1 saturated heterocycles. The predicted molar refractivity (Wildman–Crippen MR) is 122 cm³/mol. The fraction of sp³-hybridized carbons (Fsp3) is 0.417. The van der Waals surface area contributed by atoms with Gasteiger partial charge in [-0.05, 0) is 24.0 Å². The highest BCUT2D eigenvalue weighted by Crippen LogP contribution is 2.22. The molecule has 6 heteroatoms. The molecule has 3 rings (SSSR count). The van der Waals surface area contributed by atoms with E-state index in [9.17, 15) is 9.59 Å². The van der Waals surface area contributed by atoms with E-state index >= 15 is 0 Å². The summed E-state index contributed by atoms with van der Waals surface area (Å²) in [4.78, 5) is 29.4. The SMILES string of the molecule is CC(C(=O)N1CCCN(C(=O)CCc2ccccc2)CC1)C(N)c1ccccc1.Cl. The normalized spacial score (nSPS) is 16.2. The molecule has 0 aromatic heterocycles. The van der Waals surface area contributed by atoms with Crippen molar-refractivity contribution in [2.24, 2.45) is 11.7 Å². The van der Waals surface area contributed by atoms with E-state index in [0.29, 0.717) is 32.6 Å². The summed E-state index contributed by atoms with van der Waals surface area (Å²) in [6.45, 7) is 4.44. The van der Waals surface area contributed by atoms with Crippen LogP contribution in [0.1, 0.15) is 36.9 Å². The van der Waals surface area contributed by atoms with Crippen molar-refractivity contribution in [1.82, 2.24) is 9.80 Å². The van der Waals surface area contributed by atoms with Crippen LogP contribution < -0.4 is 5.73 Å². The zero-order valence-electron chi connectivity index (χ0n) is 17.6. The summed E-state index contributed by atoms with van der Waals surface area (Å²) >= 11 is 0. The van der Waals surface area contributed by atoms with Crippen LogP contribution in [0, 0.1) is 5.92 Å². The number of hydrogen-bond acceptors (Lipinski definition) is 3. The van der Waals surface area contributed by atoms with Gasteiger partial charge in [0.25, 0.3) is 0 Å². The number of carbonyl (C=O) groups excluding carboxylic acids is 2. The summed E-state index contributed by atoms with van der Waals surface area (Å²) in [6.07, 6.45) is 2.06. The van der Waals surface area contributed by atoms with Crippen molar-refractivity contribution in [1.29, 1.82) is 0 Å². The molecule has 5 nitrogen and oxygen atoms in total. The molecule has 0 radical (unpaired) electrons. The highest BCUT2D eigenvalue weighted by molar-refractivity contribution is 5.85. The fourth-order valence-corrected chi connectivity index (χ4v) is 3.85. The summed E-state index contributed by atoms with van der Waals surface area (Å²) in [5.41, 5.74) is 8.49. The van der Waals surface area contributed by atoms with E-state index in [1.165, 1.54) is 5.56 Å². The van der Waals surface area contributed by atoms with Gasteiger partial charge < -0.3 is 15.5 Å². The van der Waals surface area contributed by atoms with Crippen molar-refractivity contribution < 1.29 is 9.59 Å². The maximum absolute atomic E-state index is 13.0. The summed E-state index contributed by atoms with van der Waals surface area (Å²) in [5, 5.41) is 0. The van der Waals surface area contributed by atoms with Gasteiger partial charge >= 0.3 is 0 Å². The molecule has 162 valence electrons. The molecular formula is C24H32ClN3O2. The molecule has 30 heavy (non-hydrogen) atoms. The molecule has 2 N–H and O–H groups in total. The first kappa shape index (κ1) is 23.9. The second-order valence-corrected chi connectivity index (χ2v) is 7.77. The quantitative estimate of drug-likeness (QED) is 0.764. The zero-order chi connectivity index (χ0) is 20.6. The van der Waals surface area contributed by atoms with Crippen molar-refractivity contribution in [2.75, 3.05) is 26.2 Å². The Hall–Kier alpha value is -2.37. The number of amides is 2. The summed E-state index contributed by atoms with van der Waals surface area (Å²) in [7, 11) is 0. The third-order valence-electron chi connectivity index (χ3n) is 5.74. The third-order valence-corrected chi connectivity index (χ3v) is 5.74. The Bertz CT molecular complexity index is 801. The number of rotatable bonds is 6. The molecule has 0 spiro atoms. The molecule has 2 atom stereocenters. The predicted octanol–water partition coefficient (Wildman–Crippen LogP) is 3.44. The van der Waals surface area contributed by atoms with E-state index in [1.807, 2.05) is 77.4 Å². The van der Waals surface area contributed by atoms with Crippen LogP contribution in [0.3, 0.4) is 0 Å². The number of hydrogen-bond donors (Lipinski definition) is 1. The largest absolute Gasteiger partial charge is 0.341 e. The van der Waals surface area contributed by atoms with E-state index in [1.54, 1.807) is 0 Å². The zero-order valence-corrected chi connectivity index (χ0v) is 18.4. The van der Waals surface area contributed by atoms with Crippen LogP contribution in [-0.4, -0.2) is 47.8 Å². The van der Waals surface area contributed by atoms with Gasteiger partial charge in [0.2, 0.25) is 11.8 Å². The first-order valence-electron chi connectivity index (χ1n) is 10.5. The van der Waals surface area contributed by atoms with Gasteiger partial charge in [-0.15, -0.1) is 12.4 Å². The van der Waals surface area contributed by atoms with E-state index in [2.05, 4.69) is 0 Å². The summed E-state index contributed by atoms with van der Waals surface area (Å²) in [6, 6.07) is 19.5. The smallest absolute Gasteiger partial charge is 0.227 e.